The van der Waals surface area contributed by atoms with E-state index in [1.165, 1.54) is 0 Å². The summed E-state index contributed by atoms with van der Waals surface area (Å²) in [6.45, 7) is 8.08. The minimum Gasteiger partial charge on any atom is -0.496 e. The highest BCUT2D eigenvalue weighted by molar-refractivity contribution is 7.89. The normalized spacial score (nSPS) is 17.0. The van der Waals surface area contributed by atoms with Crippen LogP contribution < -0.4 is 9.46 Å². The average Bonchev–Trinajstić information content (AvgIpc) is 2.75. The highest BCUT2D eigenvalue weighted by atomic mass is 32.2. The third-order valence-corrected chi connectivity index (χ3v) is 5.42. The van der Waals surface area contributed by atoms with E-state index in [9.17, 15) is 8.42 Å². The van der Waals surface area contributed by atoms with Crippen LogP contribution in [0.3, 0.4) is 0 Å². The lowest BCUT2D eigenvalue weighted by molar-refractivity contribution is 0.142. The van der Waals surface area contributed by atoms with Gasteiger partial charge in [0, 0.05) is 32.8 Å². The van der Waals surface area contributed by atoms with Crippen LogP contribution in [0, 0.1) is 13.8 Å². The van der Waals surface area contributed by atoms with Gasteiger partial charge in [0.2, 0.25) is 10.0 Å². The van der Waals surface area contributed by atoms with Gasteiger partial charge in [0.25, 0.3) is 0 Å². The summed E-state index contributed by atoms with van der Waals surface area (Å²) in [5.41, 5.74) is 1.63. The first kappa shape index (κ1) is 18.2. The molecule has 2 rings (SSSR count). The lowest BCUT2D eigenvalue weighted by Gasteiger charge is -2.19. The van der Waals surface area contributed by atoms with Gasteiger partial charge in [-0.05, 0) is 43.5 Å². The summed E-state index contributed by atoms with van der Waals surface area (Å²) in [7, 11) is -1.91. The van der Waals surface area contributed by atoms with Gasteiger partial charge in [-0.2, -0.15) is 0 Å². The lowest BCUT2D eigenvalue weighted by atomic mass is 10.1. The van der Waals surface area contributed by atoms with E-state index in [1.54, 1.807) is 19.2 Å². The number of rotatable bonds is 6. The van der Waals surface area contributed by atoms with Gasteiger partial charge in [0.1, 0.15) is 5.75 Å². The number of ether oxygens (including phenoxy) is 2. The minimum absolute atomic E-state index is 0.285. The van der Waals surface area contributed by atoms with E-state index in [0.717, 1.165) is 43.0 Å². The molecule has 130 valence electrons. The van der Waals surface area contributed by atoms with Crippen molar-refractivity contribution in [1.82, 2.24) is 9.62 Å². The SMILES string of the molecule is COc1c(C)cc(S(=O)(=O)NCCN2CCCOCC2)cc1C. The Morgan fingerprint density at radius 3 is 2.57 bits per heavy atom. The Bertz CT molecular complexity index is 600. The molecule has 1 heterocycles. The fourth-order valence-electron chi connectivity index (χ4n) is 2.83. The van der Waals surface area contributed by atoms with E-state index in [1.807, 2.05) is 13.8 Å². The largest absolute Gasteiger partial charge is 0.496 e. The summed E-state index contributed by atoms with van der Waals surface area (Å²) in [4.78, 5) is 2.51. The maximum absolute atomic E-state index is 12.5. The Hall–Kier alpha value is -1.15. The van der Waals surface area contributed by atoms with E-state index in [0.29, 0.717) is 19.7 Å². The molecule has 1 aliphatic heterocycles. The van der Waals surface area contributed by atoms with Gasteiger partial charge >= 0.3 is 0 Å². The van der Waals surface area contributed by atoms with E-state index in [-0.39, 0.29) is 4.90 Å². The van der Waals surface area contributed by atoms with Crippen LogP contribution in [-0.2, 0) is 14.8 Å². The molecule has 0 amide bonds. The molecule has 0 bridgehead atoms. The second-order valence-electron chi connectivity index (χ2n) is 5.80. The molecule has 0 atom stereocenters. The zero-order valence-corrected chi connectivity index (χ0v) is 14.9. The molecule has 0 radical (unpaired) electrons. The molecule has 0 aromatic heterocycles. The second-order valence-corrected chi connectivity index (χ2v) is 7.56. The highest BCUT2D eigenvalue weighted by Gasteiger charge is 2.17. The van der Waals surface area contributed by atoms with Crippen LogP contribution in [0.5, 0.6) is 5.75 Å². The molecule has 1 saturated heterocycles. The number of nitrogens with zero attached hydrogens (tertiary/aromatic N) is 1. The Morgan fingerprint density at radius 2 is 1.91 bits per heavy atom. The van der Waals surface area contributed by atoms with Crippen LogP contribution in [0.2, 0.25) is 0 Å². The molecule has 6 nitrogen and oxygen atoms in total. The van der Waals surface area contributed by atoms with Crippen molar-refractivity contribution in [3.8, 4) is 5.75 Å². The first-order valence-electron chi connectivity index (χ1n) is 7.89. The van der Waals surface area contributed by atoms with Gasteiger partial charge in [0.15, 0.2) is 0 Å². The van der Waals surface area contributed by atoms with Crippen LogP contribution >= 0.6 is 0 Å². The molecule has 1 N–H and O–H groups in total. The molecule has 23 heavy (non-hydrogen) atoms. The maximum atomic E-state index is 12.5. The second kappa shape index (κ2) is 8.10. The molecule has 1 aromatic rings. The summed E-state index contributed by atoms with van der Waals surface area (Å²) in [6, 6.07) is 3.29. The molecule has 0 saturated carbocycles. The molecular formula is C16H26N2O4S. The van der Waals surface area contributed by atoms with Gasteiger partial charge in [-0.1, -0.05) is 0 Å². The summed E-state index contributed by atoms with van der Waals surface area (Å²) in [6.07, 6.45) is 0.990. The third-order valence-electron chi connectivity index (χ3n) is 3.98. The quantitative estimate of drug-likeness (QED) is 0.844. The number of sulfonamides is 1. The Balaban J connectivity index is 1.98. The molecule has 1 aromatic carbocycles. The average molecular weight is 342 g/mol. The van der Waals surface area contributed by atoms with Crippen molar-refractivity contribution in [3.63, 3.8) is 0 Å². The van der Waals surface area contributed by atoms with E-state index >= 15 is 0 Å². The Morgan fingerprint density at radius 1 is 1.22 bits per heavy atom. The lowest BCUT2D eigenvalue weighted by Crippen LogP contribution is -2.36. The molecule has 0 spiro atoms. The van der Waals surface area contributed by atoms with E-state index in [2.05, 4.69) is 9.62 Å². The molecule has 1 aliphatic rings. The first-order valence-corrected chi connectivity index (χ1v) is 9.37. The number of methoxy groups -OCH3 is 1. The molecule has 7 heteroatoms. The maximum Gasteiger partial charge on any atom is 0.240 e. The Kier molecular flexibility index (Phi) is 6.41. The van der Waals surface area contributed by atoms with Gasteiger partial charge in [-0.25, -0.2) is 13.1 Å². The predicted octanol–water partition coefficient (Wildman–Crippen LogP) is 1.31. The minimum atomic E-state index is -3.50. The zero-order chi connectivity index (χ0) is 16.9. The first-order chi connectivity index (χ1) is 10.9. The molecule has 1 fully saturated rings. The number of aryl methyl sites for hydroxylation is 2. The number of benzene rings is 1. The van der Waals surface area contributed by atoms with Crippen molar-refractivity contribution in [2.45, 2.75) is 25.2 Å². The number of nitrogens with one attached hydrogen (secondary N) is 1. The van der Waals surface area contributed by atoms with Crippen molar-refractivity contribution < 1.29 is 17.9 Å². The number of hydrogen-bond acceptors (Lipinski definition) is 5. The highest BCUT2D eigenvalue weighted by Crippen LogP contribution is 2.26. The van der Waals surface area contributed by atoms with Crippen molar-refractivity contribution in [3.05, 3.63) is 23.3 Å². The van der Waals surface area contributed by atoms with Crippen molar-refractivity contribution in [2.24, 2.45) is 0 Å². The van der Waals surface area contributed by atoms with Crippen molar-refractivity contribution >= 4 is 10.0 Å². The van der Waals surface area contributed by atoms with Crippen LogP contribution in [0.15, 0.2) is 17.0 Å². The molecule has 0 unspecified atom stereocenters. The van der Waals surface area contributed by atoms with E-state index in [4.69, 9.17) is 9.47 Å². The molecular weight excluding hydrogens is 316 g/mol. The fourth-order valence-corrected chi connectivity index (χ4v) is 4.02. The smallest absolute Gasteiger partial charge is 0.240 e. The Labute approximate surface area is 138 Å². The van der Waals surface area contributed by atoms with Crippen LogP contribution in [0.25, 0.3) is 0 Å². The standard InChI is InChI=1S/C16H26N2O4S/c1-13-11-15(12-14(2)16(13)21-3)23(19,20)17-5-7-18-6-4-9-22-10-8-18/h11-12,17H,4-10H2,1-3H3. The summed E-state index contributed by atoms with van der Waals surface area (Å²) in [5.74, 6) is 0.730. The summed E-state index contributed by atoms with van der Waals surface area (Å²) >= 11 is 0. The van der Waals surface area contributed by atoms with E-state index < -0.39 is 10.0 Å². The summed E-state index contributed by atoms with van der Waals surface area (Å²) in [5, 5.41) is 0. The van der Waals surface area contributed by atoms with Crippen LogP contribution in [0.4, 0.5) is 0 Å². The van der Waals surface area contributed by atoms with Crippen LogP contribution in [-0.4, -0.2) is 59.8 Å². The monoisotopic (exact) mass is 342 g/mol. The van der Waals surface area contributed by atoms with Gasteiger partial charge in [0.05, 0.1) is 18.6 Å². The number of hydrogen-bond donors (Lipinski definition) is 1. The fraction of sp³-hybridized carbons (Fsp3) is 0.625. The van der Waals surface area contributed by atoms with Gasteiger partial charge in [-0.3, -0.25) is 4.90 Å². The van der Waals surface area contributed by atoms with Gasteiger partial charge in [-0.15, -0.1) is 0 Å². The topological polar surface area (TPSA) is 67.9 Å². The zero-order valence-electron chi connectivity index (χ0n) is 14.1. The van der Waals surface area contributed by atoms with Crippen LogP contribution in [0.1, 0.15) is 17.5 Å². The van der Waals surface area contributed by atoms with Gasteiger partial charge < -0.3 is 9.47 Å². The van der Waals surface area contributed by atoms with Crippen molar-refractivity contribution in [1.29, 1.82) is 0 Å². The summed E-state index contributed by atoms with van der Waals surface area (Å²) < 4.78 is 38.3. The molecule has 0 aliphatic carbocycles. The predicted molar refractivity (Wildman–Crippen MR) is 89.5 cm³/mol. The van der Waals surface area contributed by atoms with Crippen molar-refractivity contribution in [2.75, 3.05) is 46.5 Å². The third kappa shape index (κ3) is 4.91.